The minimum absolute atomic E-state index is 0.108. The van der Waals surface area contributed by atoms with Gasteiger partial charge in [-0.1, -0.05) is 30.4 Å². The summed E-state index contributed by atoms with van der Waals surface area (Å²) >= 11 is 0. The van der Waals surface area contributed by atoms with Gasteiger partial charge in [0.15, 0.2) is 23.0 Å². The Morgan fingerprint density at radius 2 is 1.34 bits per heavy atom. The van der Waals surface area contributed by atoms with Gasteiger partial charge in [-0.15, -0.1) is 0 Å². The second-order valence-electron chi connectivity index (χ2n) is 8.41. The molecule has 0 aliphatic rings. The van der Waals surface area contributed by atoms with Gasteiger partial charge in [-0.05, 0) is 59.4 Å². The Morgan fingerprint density at radius 1 is 0.714 bits per heavy atom. The third-order valence-corrected chi connectivity index (χ3v) is 6.01. The SMILES string of the molecule is COc1c(O)ccc(/C=C/c2cc(O)cc(CCc3ccc(O)c(OC)c3CC[NH3+])c2)c1CC[NH3+]. The molecule has 0 aromatic heterocycles. The molecule has 3 rings (SSSR count). The third kappa shape index (κ3) is 6.26. The van der Waals surface area contributed by atoms with Crippen LogP contribution in [-0.2, 0) is 25.7 Å². The van der Waals surface area contributed by atoms with Crippen LogP contribution >= 0.6 is 0 Å². The Bertz CT molecular complexity index is 1190. The van der Waals surface area contributed by atoms with Crippen molar-refractivity contribution in [3.05, 3.63) is 75.8 Å². The maximum absolute atomic E-state index is 10.3. The van der Waals surface area contributed by atoms with Gasteiger partial charge in [0.25, 0.3) is 0 Å². The van der Waals surface area contributed by atoms with Crippen LogP contribution in [0.2, 0.25) is 0 Å². The van der Waals surface area contributed by atoms with Crippen molar-refractivity contribution in [3.63, 3.8) is 0 Å². The lowest BCUT2D eigenvalue weighted by molar-refractivity contribution is -0.367. The Kier molecular flexibility index (Phi) is 9.00. The molecular formula is C28H36N2O5+2. The number of rotatable bonds is 11. The van der Waals surface area contributed by atoms with Crippen molar-refractivity contribution >= 4 is 12.2 Å². The molecular weight excluding hydrogens is 444 g/mol. The Balaban J connectivity index is 1.86. The summed E-state index contributed by atoms with van der Waals surface area (Å²) in [5.74, 6) is 1.41. The molecule has 186 valence electrons. The summed E-state index contributed by atoms with van der Waals surface area (Å²) in [5.41, 5.74) is 13.6. The number of aryl methyl sites for hydroxylation is 2. The molecule has 35 heavy (non-hydrogen) atoms. The number of quaternary nitrogens is 2. The Labute approximate surface area is 206 Å². The fraction of sp³-hybridized carbons (Fsp3) is 0.286. The fourth-order valence-corrected chi connectivity index (χ4v) is 4.42. The van der Waals surface area contributed by atoms with Gasteiger partial charge < -0.3 is 36.3 Å². The Morgan fingerprint density at radius 3 is 2.00 bits per heavy atom. The van der Waals surface area contributed by atoms with Crippen molar-refractivity contribution in [2.75, 3.05) is 27.3 Å². The van der Waals surface area contributed by atoms with Crippen LogP contribution in [0.15, 0.2) is 42.5 Å². The zero-order valence-corrected chi connectivity index (χ0v) is 20.5. The Hall–Kier alpha value is -3.68. The molecule has 0 heterocycles. The van der Waals surface area contributed by atoms with Crippen molar-refractivity contribution in [2.24, 2.45) is 0 Å². The van der Waals surface area contributed by atoms with Crippen molar-refractivity contribution in [1.82, 2.24) is 0 Å². The average molecular weight is 481 g/mol. The lowest BCUT2D eigenvalue weighted by Crippen LogP contribution is -2.51. The molecule has 0 saturated carbocycles. The number of phenolic OH excluding ortho intramolecular Hbond substituents is 3. The van der Waals surface area contributed by atoms with Gasteiger partial charge in [0.2, 0.25) is 0 Å². The van der Waals surface area contributed by atoms with E-state index in [2.05, 4.69) is 11.5 Å². The van der Waals surface area contributed by atoms with Crippen molar-refractivity contribution < 1.29 is 36.3 Å². The van der Waals surface area contributed by atoms with Crippen molar-refractivity contribution in [2.45, 2.75) is 25.7 Å². The summed E-state index contributed by atoms with van der Waals surface area (Å²) in [6, 6.07) is 12.6. The average Bonchev–Trinajstić information content (AvgIpc) is 2.83. The number of benzene rings is 3. The minimum atomic E-state index is 0.108. The standard InChI is InChI=1S/C28H34N2O5/c1-34-27-23(11-13-29)20(7-9-25(27)32)5-3-18-15-19(17-22(31)16-18)4-6-21-8-10-26(33)28(35-2)24(21)12-14-30/h3,5,7-10,15-17,31-33H,4,6,11-14,29-30H2,1-2H3/p+2/b5-3+. The molecule has 3 aromatic rings. The van der Waals surface area contributed by atoms with E-state index in [-0.39, 0.29) is 17.2 Å². The second-order valence-corrected chi connectivity index (χ2v) is 8.41. The quantitative estimate of drug-likeness (QED) is 0.269. The van der Waals surface area contributed by atoms with Crippen molar-refractivity contribution in [3.8, 4) is 28.7 Å². The van der Waals surface area contributed by atoms with Crippen LogP contribution in [0.1, 0.15) is 33.4 Å². The highest BCUT2D eigenvalue weighted by atomic mass is 16.5. The first-order valence-corrected chi connectivity index (χ1v) is 11.8. The summed E-state index contributed by atoms with van der Waals surface area (Å²) in [7, 11) is 3.11. The number of aromatic hydroxyl groups is 3. The summed E-state index contributed by atoms with van der Waals surface area (Å²) in [6.45, 7) is 1.38. The molecule has 0 aliphatic heterocycles. The molecule has 0 radical (unpaired) electrons. The number of hydrogen-bond donors (Lipinski definition) is 5. The zero-order chi connectivity index (χ0) is 25.4. The summed E-state index contributed by atoms with van der Waals surface area (Å²) in [5, 5.41) is 30.6. The lowest BCUT2D eigenvalue weighted by Gasteiger charge is -2.14. The van der Waals surface area contributed by atoms with Crippen LogP contribution in [0.3, 0.4) is 0 Å². The molecule has 0 unspecified atom stereocenters. The van der Waals surface area contributed by atoms with Crippen molar-refractivity contribution in [1.29, 1.82) is 0 Å². The van der Waals surface area contributed by atoms with E-state index in [9.17, 15) is 15.3 Å². The van der Waals surface area contributed by atoms with Crippen LogP contribution in [0, 0.1) is 0 Å². The smallest absolute Gasteiger partial charge is 0.164 e. The topological polar surface area (TPSA) is 134 Å². The molecule has 0 saturated heterocycles. The van der Waals surface area contributed by atoms with Crippen LogP contribution in [-0.4, -0.2) is 42.6 Å². The van der Waals surface area contributed by atoms with E-state index < -0.39 is 0 Å². The van der Waals surface area contributed by atoms with Gasteiger partial charge in [0, 0.05) is 24.0 Å². The highest BCUT2D eigenvalue weighted by Gasteiger charge is 2.15. The minimum Gasteiger partial charge on any atom is -0.508 e. The van der Waals surface area contributed by atoms with E-state index in [0.717, 1.165) is 39.8 Å². The fourth-order valence-electron chi connectivity index (χ4n) is 4.42. The van der Waals surface area contributed by atoms with Gasteiger partial charge >= 0.3 is 0 Å². The molecule has 7 heteroatoms. The van der Waals surface area contributed by atoms with E-state index in [1.807, 2.05) is 30.4 Å². The number of hydrogen-bond acceptors (Lipinski definition) is 5. The van der Waals surface area contributed by atoms with Crippen LogP contribution in [0.5, 0.6) is 28.7 Å². The highest BCUT2D eigenvalue weighted by molar-refractivity contribution is 5.74. The number of methoxy groups -OCH3 is 2. The van der Waals surface area contributed by atoms with Gasteiger partial charge in [-0.3, -0.25) is 0 Å². The molecule has 0 spiro atoms. The normalized spacial score (nSPS) is 11.2. The predicted octanol–water partition coefficient (Wildman–Crippen LogP) is 2.35. The van der Waals surface area contributed by atoms with E-state index in [1.165, 1.54) is 0 Å². The van der Waals surface area contributed by atoms with E-state index >= 15 is 0 Å². The predicted molar refractivity (Wildman–Crippen MR) is 137 cm³/mol. The third-order valence-electron chi connectivity index (χ3n) is 6.01. The zero-order valence-electron chi connectivity index (χ0n) is 20.5. The second kappa shape index (κ2) is 12.1. The highest BCUT2D eigenvalue weighted by Crippen LogP contribution is 2.35. The van der Waals surface area contributed by atoms with Gasteiger partial charge in [-0.2, -0.15) is 0 Å². The first kappa shape index (κ1) is 25.9. The first-order chi connectivity index (χ1) is 16.9. The molecule has 0 amide bonds. The largest absolute Gasteiger partial charge is 0.508 e. The molecule has 0 bridgehead atoms. The maximum Gasteiger partial charge on any atom is 0.164 e. The van der Waals surface area contributed by atoms with Crippen LogP contribution < -0.4 is 20.9 Å². The van der Waals surface area contributed by atoms with Crippen LogP contribution in [0.4, 0.5) is 0 Å². The lowest BCUT2D eigenvalue weighted by atomic mass is 9.95. The van der Waals surface area contributed by atoms with E-state index in [4.69, 9.17) is 9.47 Å². The molecule has 7 nitrogen and oxygen atoms in total. The summed E-state index contributed by atoms with van der Waals surface area (Å²) in [4.78, 5) is 0. The number of phenols is 3. The van der Waals surface area contributed by atoms with Gasteiger partial charge in [0.1, 0.15) is 5.75 Å². The first-order valence-electron chi connectivity index (χ1n) is 11.8. The van der Waals surface area contributed by atoms with E-state index in [1.54, 1.807) is 38.5 Å². The molecule has 0 atom stereocenters. The van der Waals surface area contributed by atoms with E-state index in [0.29, 0.717) is 43.9 Å². The summed E-state index contributed by atoms with van der Waals surface area (Å²) in [6.07, 6.45) is 6.75. The molecule has 0 aliphatic carbocycles. The summed E-state index contributed by atoms with van der Waals surface area (Å²) < 4.78 is 10.8. The molecule has 0 fully saturated rings. The van der Waals surface area contributed by atoms with Gasteiger partial charge in [0.05, 0.1) is 27.3 Å². The monoisotopic (exact) mass is 480 g/mol. The molecule has 9 N–H and O–H groups in total. The number of ether oxygens (including phenoxy) is 2. The molecule has 3 aromatic carbocycles. The van der Waals surface area contributed by atoms with Gasteiger partial charge in [-0.25, -0.2) is 0 Å². The van der Waals surface area contributed by atoms with Crippen LogP contribution in [0.25, 0.3) is 12.2 Å². The maximum atomic E-state index is 10.3.